The van der Waals surface area contributed by atoms with Crippen molar-refractivity contribution < 1.29 is 19.1 Å². The van der Waals surface area contributed by atoms with Gasteiger partial charge in [0.25, 0.3) is 0 Å². The van der Waals surface area contributed by atoms with Crippen molar-refractivity contribution in [1.82, 2.24) is 4.98 Å². The minimum atomic E-state index is -0.522. The molecule has 0 unspecified atom stereocenters. The molecule has 0 spiro atoms. The van der Waals surface area contributed by atoms with Gasteiger partial charge < -0.3 is 9.47 Å². The van der Waals surface area contributed by atoms with Crippen molar-refractivity contribution in [2.45, 2.75) is 20.3 Å². The summed E-state index contributed by atoms with van der Waals surface area (Å²) in [6.45, 7) is 3.92. The molecule has 0 saturated heterocycles. The van der Waals surface area contributed by atoms with Gasteiger partial charge in [-0.3, -0.25) is 10.1 Å². The SMILES string of the molecule is CCOC(=O)Nc1ccc(OC(=O)Cc2csc(C)n2)cc1. The van der Waals surface area contributed by atoms with Gasteiger partial charge in [-0.15, -0.1) is 11.3 Å². The molecule has 1 aromatic heterocycles. The first kappa shape index (κ1) is 16.0. The van der Waals surface area contributed by atoms with Crippen LogP contribution in [0.25, 0.3) is 0 Å². The summed E-state index contributed by atoms with van der Waals surface area (Å²) in [5.41, 5.74) is 1.27. The van der Waals surface area contributed by atoms with Gasteiger partial charge >= 0.3 is 12.1 Å². The summed E-state index contributed by atoms with van der Waals surface area (Å²) in [5.74, 6) is 0.0303. The van der Waals surface area contributed by atoms with Crippen molar-refractivity contribution in [2.75, 3.05) is 11.9 Å². The largest absolute Gasteiger partial charge is 0.450 e. The average molecular weight is 320 g/mol. The monoisotopic (exact) mass is 320 g/mol. The summed E-state index contributed by atoms with van der Waals surface area (Å²) in [5, 5.41) is 5.31. The van der Waals surface area contributed by atoms with Crippen molar-refractivity contribution in [1.29, 1.82) is 0 Å². The van der Waals surface area contributed by atoms with Gasteiger partial charge in [-0.05, 0) is 38.1 Å². The number of carbonyl (C=O) groups is 2. The Hall–Kier alpha value is -2.41. The molecule has 7 heteroatoms. The van der Waals surface area contributed by atoms with E-state index in [9.17, 15) is 9.59 Å². The number of amides is 1. The number of rotatable bonds is 5. The predicted octanol–water partition coefficient (Wildman–Crippen LogP) is 3.17. The van der Waals surface area contributed by atoms with E-state index in [0.29, 0.717) is 23.7 Å². The smallest absolute Gasteiger partial charge is 0.411 e. The Kier molecular flexibility index (Phi) is 5.48. The summed E-state index contributed by atoms with van der Waals surface area (Å²) in [4.78, 5) is 27.3. The van der Waals surface area contributed by atoms with Crippen LogP contribution in [-0.4, -0.2) is 23.7 Å². The Morgan fingerprint density at radius 1 is 1.27 bits per heavy atom. The van der Waals surface area contributed by atoms with E-state index in [1.165, 1.54) is 11.3 Å². The van der Waals surface area contributed by atoms with E-state index in [-0.39, 0.29) is 12.4 Å². The van der Waals surface area contributed by atoms with Crippen LogP contribution in [0.5, 0.6) is 5.75 Å². The van der Waals surface area contributed by atoms with E-state index in [2.05, 4.69) is 10.3 Å². The molecule has 1 heterocycles. The zero-order valence-electron chi connectivity index (χ0n) is 12.3. The molecule has 1 amide bonds. The second-order valence-electron chi connectivity index (χ2n) is 4.38. The second kappa shape index (κ2) is 7.56. The van der Waals surface area contributed by atoms with Gasteiger partial charge in [0.2, 0.25) is 0 Å². The molecular formula is C15H16N2O4S. The number of carbonyl (C=O) groups excluding carboxylic acids is 2. The molecule has 2 rings (SSSR count). The lowest BCUT2D eigenvalue weighted by atomic mass is 10.3. The molecule has 0 aliphatic heterocycles. The molecular weight excluding hydrogens is 304 g/mol. The van der Waals surface area contributed by atoms with E-state index in [1.54, 1.807) is 31.2 Å². The van der Waals surface area contributed by atoms with Gasteiger partial charge in [-0.1, -0.05) is 0 Å². The van der Waals surface area contributed by atoms with Crippen molar-refractivity contribution in [3.05, 3.63) is 40.3 Å². The Balaban J connectivity index is 1.87. The van der Waals surface area contributed by atoms with Crippen molar-refractivity contribution in [2.24, 2.45) is 0 Å². The van der Waals surface area contributed by atoms with E-state index in [4.69, 9.17) is 9.47 Å². The van der Waals surface area contributed by atoms with E-state index in [0.717, 1.165) is 5.01 Å². The van der Waals surface area contributed by atoms with Crippen LogP contribution in [0.4, 0.5) is 10.5 Å². The van der Waals surface area contributed by atoms with Gasteiger partial charge in [-0.2, -0.15) is 0 Å². The molecule has 0 aliphatic rings. The first-order chi connectivity index (χ1) is 10.6. The van der Waals surface area contributed by atoms with Crippen LogP contribution in [0, 0.1) is 6.92 Å². The second-order valence-corrected chi connectivity index (χ2v) is 5.44. The van der Waals surface area contributed by atoms with Crippen LogP contribution in [-0.2, 0) is 16.0 Å². The Morgan fingerprint density at radius 3 is 2.59 bits per heavy atom. The van der Waals surface area contributed by atoms with Gasteiger partial charge in [0.05, 0.1) is 23.7 Å². The lowest BCUT2D eigenvalue weighted by molar-refractivity contribution is -0.133. The number of hydrogen-bond donors (Lipinski definition) is 1. The molecule has 116 valence electrons. The van der Waals surface area contributed by atoms with Gasteiger partial charge in [0.15, 0.2) is 0 Å². The molecule has 2 aromatic rings. The molecule has 0 aliphatic carbocycles. The van der Waals surface area contributed by atoms with Crippen molar-refractivity contribution in [3.63, 3.8) is 0 Å². The lowest BCUT2D eigenvalue weighted by Crippen LogP contribution is -2.13. The molecule has 6 nitrogen and oxygen atoms in total. The summed E-state index contributed by atoms with van der Waals surface area (Å²) in [6, 6.07) is 6.47. The fourth-order valence-corrected chi connectivity index (χ4v) is 2.31. The highest BCUT2D eigenvalue weighted by molar-refractivity contribution is 7.09. The highest BCUT2D eigenvalue weighted by Gasteiger charge is 2.09. The first-order valence-corrected chi connectivity index (χ1v) is 7.60. The standard InChI is InChI=1S/C15H16N2O4S/c1-3-20-15(19)17-11-4-6-13(7-5-11)21-14(18)8-12-9-22-10(2)16-12/h4-7,9H,3,8H2,1-2H3,(H,17,19). The number of hydrogen-bond acceptors (Lipinski definition) is 6. The van der Waals surface area contributed by atoms with Crippen LogP contribution >= 0.6 is 11.3 Å². The summed E-state index contributed by atoms with van der Waals surface area (Å²) >= 11 is 1.49. The maximum Gasteiger partial charge on any atom is 0.411 e. The number of nitrogens with one attached hydrogen (secondary N) is 1. The molecule has 0 saturated carbocycles. The third kappa shape index (κ3) is 4.85. The number of aryl methyl sites for hydroxylation is 1. The predicted molar refractivity (Wildman–Crippen MR) is 83.3 cm³/mol. The van der Waals surface area contributed by atoms with Gasteiger partial charge in [0, 0.05) is 11.1 Å². The zero-order chi connectivity index (χ0) is 15.9. The number of benzene rings is 1. The normalized spacial score (nSPS) is 10.1. The van der Waals surface area contributed by atoms with Crippen LogP contribution < -0.4 is 10.1 Å². The number of aromatic nitrogens is 1. The highest BCUT2D eigenvalue weighted by atomic mass is 32.1. The van der Waals surface area contributed by atoms with Crippen LogP contribution in [0.1, 0.15) is 17.6 Å². The number of esters is 1. The average Bonchev–Trinajstić information content (AvgIpc) is 2.86. The Bertz CT molecular complexity index is 652. The van der Waals surface area contributed by atoms with E-state index in [1.807, 2.05) is 12.3 Å². The maximum atomic E-state index is 11.8. The number of thiazole rings is 1. The van der Waals surface area contributed by atoms with E-state index >= 15 is 0 Å². The molecule has 0 radical (unpaired) electrons. The minimum absolute atomic E-state index is 0.132. The summed E-state index contributed by atoms with van der Waals surface area (Å²) in [7, 11) is 0. The molecule has 1 aromatic carbocycles. The Labute approximate surface area is 132 Å². The summed E-state index contributed by atoms with van der Waals surface area (Å²) < 4.78 is 9.98. The van der Waals surface area contributed by atoms with Crippen molar-refractivity contribution in [3.8, 4) is 5.75 Å². The zero-order valence-corrected chi connectivity index (χ0v) is 13.1. The lowest BCUT2D eigenvalue weighted by Gasteiger charge is -2.07. The fourth-order valence-electron chi connectivity index (χ4n) is 1.70. The Morgan fingerprint density at radius 2 is 2.00 bits per heavy atom. The molecule has 1 N–H and O–H groups in total. The highest BCUT2D eigenvalue weighted by Crippen LogP contribution is 2.17. The number of ether oxygens (including phenoxy) is 2. The molecule has 0 atom stereocenters. The first-order valence-electron chi connectivity index (χ1n) is 6.72. The third-order valence-electron chi connectivity index (χ3n) is 2.60. The topological polar surface area (TPSA) is 77.5 Å². The quantitative estimate of drug-likeness (QED) is 0.676. The fraction of sp³-hybridized carbons (Fsp3) is 0.267. The minimum Gasteiger partial charge on any atom is -0.450 e. The maximum absolute atomic E-state index is 11.8. The molecule has 0 fully saturated rings. The van der Waals surface area contributed by atoms with Crippen LogP contribution in [0.2, 0.25) is 0 Å². The van der Waals surface area contributed by atoms with Crippen LogP contribution in [0.15, 0.2) is 29.6 Å². The van der Waals surface area contributed by atoms with E-state index < -0.39 is 6.09 Å². The van der Waals surface area contributed by atoms with Crippen LogP contribution in [0.3, 0.4) is 0 Å². The number of nitrogens with zero attached hydrogens (tertiary/aromatic N) is 1. The third-order valence-corrected chi connectivity index (χ3v) is 3.42. The molecule has 22 heavy (non-hydrogen) atoms. The number of anilines is 1. The van der Waals surface area contributed by atoms with Gasteiger partial charge in [-0.25, -0.2) is 9.78 Å². The van der Waals surface area contributed by atoms with Gasteiger partial charge in [0.1, 0.15) is 5.75 Å². The molecule has 0 bridgehead atoms. The van der Waals surface area contributed by atoms with Crippen molar-refractivity contribution >= 4 is 29.1 Å². The summed E-state index contributed by atoms with van der Waals surface area (Å²) in [6.07, 6.45) is -0.390.